The quantitative estimate of drug-likeness (QED) is 0.690. The molecule has 1 saturated heterocycles. The Kier molecular flexibility index (Phi) is 3.55. The van der Waals surface area contributed by atoms with E-state index in [1.54, 1.807) is 0 Å². The fraction of sp³-hybridized carbons (Fsp3) is 1.00. The number of hydrogen-bond donors (Lipinski definition) is 0. The Hall–Kier alpha value is 0.390. The van der Waals surface area contributed by atoms with Crippen LogP contribution in [0.2, 0.25) is 0 Å². The van der Waals surface area contributed by atoms with Crippen LogP contribution in [-0.4, -0.2) is 49.8 Å². The van der Waals surface area contributed by atoms with Crippen molar-refractivity contribution in [2.75, 3.05) is 31.6 Å². The first-order valence-corrected chi connectivity index (χ1v) is 6.99. The Bertz CT molecular complexity index is 240. The smallest absolute Gasteiger partial charge is 0.148 e. The third-order valence-corrected chi connectivity index (χ3v) is 3.66. The van der Waals surface area contributed by atoms with Crippen LogP contribution >= 0.6 is 15.9 Å². The van der Waals surface area contributed by atoms with Crippen LogP contribution in [0.15, 0.2) is 0 Å². The summed E-state index contributed by atoms with van der Waals surface area (Å²) in [5.74, 6) is 0.284. The molecule has 0 spiro atoms. The minimum absolute atomic E-state index is 0.284. The fourth-order valence-electron chi connectivity index (χ4n) is 1.28. The van der Waals surface area contributed by atoms with Crippen molar-refractivity contribution in [3.63, 3.8) is 0 Å². The molecule has 0 N–H and O–H groups in total. The molecule has 0 bridgehead atoms. The highest BCUT2D eigenvalue weighted by Crippen LogP contribution is 2.15. The number of alkyl halides is 1. The van der Waals surface area contributed by atoms with Gasteiger partial charge < -0.3 is 4.90 Å². The summed E-state index contributed by atoms with van der Waals surface area (Å²) in [6.45, 7) is 2.68. The zero-order valence-electron chi connectivity index (χ0n) is 7.16. The van der Waals surface area contributed by atoms with Gasteiger partial charge in [0.25, 0.3) is 0 Å². The molecule has 12 heavy (non-hydrogen) atoms. The molecule has 1 aliphatic rings. The highest BCUT2D eigenvalue weighted by atomic mass is 79.9. The van der Waals surface area contributed by atoms with Crippen molar-refractivity contribution in [2.45, 2.75) is 11.2 Å². The van der Waals surface area contributed by atoms with Crippen molar-refractivity contribution in [3.05, 3.63) is 0 Å². The second kappa shape index (κ2) is 4.07. The third kappa shape index (κ3) is 3.87. The minimum atomic E-state index is -2.79. The second-order valence-corrected chi connectivity index (χ2v) is 6.87. The number of sulfone groups is 1. The summed E-state index contributed by atoms with van der Waals surface area (Å²) in [7, 11) is -2.79. The number of likely N-dealkylation sites (tertiary alicyclic amines) is 1. The van der Waals surface area contributed by atoms with Crippen LogP contribution in [0.1, 0.15) is 6.42 Å². The molecule has 0 aromatic rings. The van der Waals surface area contributed by atoms with E-state index in [2.05, 4.69) is 20.8 Å². The minimum Gasteiger partial charge on any atom is -0.301 e. The van der Waals surface area contributed by atoms with Gasteiger partial charge in [-0.15, -0.1) is 0 Å². The van der Waals surface area contributed by atoms with Gasteiger partial charge in [-0.1, -0.05) is 15.9 Å². The monoisotopic (exact) mass is 255 g/mol. The van der Waals surface area contributed by atoms with E-state index in [4.69, 9.17) is 0 Å². The standard InChI is InChI=1S/C7H14BrNO2S/c1-12(10,11)5-4-9-3-2-7(8)6-9/h7H,2-6H2,1H3. The summed E-state index contributed by atoms with van der Waals surface area (Å²) in [6, 6.07) is 0. The van der Waals surface area contributed by atoms with Crippen LogP contribution in [0.25, 0.3) is 0 Å². The molecule has 1 rings (SSSR count). The first kappa shape index (κ1) is 10.5. The number of rotatable bonds is 3. The molecule has 0 amide bonds. The van der Waals surface area contributed by atoms with Gasteiger partial charge in [-0.05, 0) is 13.0 Å². The number of hydrogen-bond acceptors (Lipinski definition) is 3. The summed E-state index contributed by atoms with van der Waals surface area (Å²) in [6.07, 6.45) is 2.42. The first-order valence-electron chi connectivity index (χ1n) is 4.01. The summed E-state index contributed by atoms with van der Waals surface area (Å²) < 4.78 is 21.7. The lowest BCUT2D eigenvalue weighted by molar-refractivity contribution is 0.360. The normalized spacial score (nSPS) is 26.3. The lowest BCUT2D eigenvalue weighted by Crippen LogP contribution is -2.27. The molecule has 1 unspecified atom stereocenters. The highest BCUT2D eigenvalue weighted by Gasteiger charge is 2.20. The van der Waals surface area contributed by atoms with Gasteiger partial charge in [-0.25, -0.2) is 8.42 Å². The maximum Gasteiger partial charge on any atom is 0.148 e. The zero-order valence-corrected chi connectivity index (χ0v) is 9.57. The molecule has 1 heterocycles. The second-order valence-electron chi connectivity index (χ2n) is 3.32. The van der Waals surface area contributed by atoms with Crippen LogP contribution in [0, 0.1) is 0 Å². The summed E-state index contributed by atoms with van der Waals surface area (Å²) >= 11 is 3.51. The maximum atomic E-state index is 10.8. The van der Waals surface area contributed by atoms with E-state index in [1.807, 2.05) is 0 Å². The van der Waals surface area contributed by atoms with Crippen molar-refractivity contribution < 1.29 is 8.42 Å². The molecule has 0 aliphatic carbocycles. The molecule has 3 nitrogen and oxygen atoms in total. The third-order valence-electron chi connectivity index (χ3n) is 1.99. The van der Waals surface area contributed by atoms with Crippen molar-refractivity contribution >= 4 is 25.8 Å². The van der Waals surface area contributed by atoms with Gasteiger partial charge >= 0.3 is 0 Å². The van der Waals surface area contributed by atoms with Gasteiger partial charge in [-0.3, -0.25) is 0 Å². The van der Waals surface area contributed by atoms with E-state index in [1.165, 1.54) is 6.26 Å². The first-order chi connectivity index (χ1) is 5.47. The molecule has 1 fully saturated rings. The van der Waals surface area contributed by atoms with E-state index in [9.17, 15) is 8.42 Å². The van der Waals surface area contributed by atoms with Gasteiger partial charge in [0.15, 0.2) is 0 Å². The molecule has 0 aromatic heterocycles. The Morgan fingerprint density at radius 3 is 2.67 bits per heavy atom. The van der Waals surface area contributed by atoms with Gasteiger partial charge in [0.2, 0.25) is 0 Å². The molecule has 1 aliphatic heterocycles. The fourth-order valence-corrected chi connectivity index (χ4v) is 2.49. The molecule has 0 radical (unpaired) electrons. The average Bonchev–Trinajstić information content (AvgIpc) is 2.30. The van der Waals surface area contributed by atoms with Crippen LogP contribution < -0.4 is 0 Å². The van der Waals surface area contributed by atoms with Crippen molar-refractivity contribution in [2.24, 2.45) is 0 Å². The molecule has 72 valence electrons. The van der Waals surface area contributed by atoms with Gasteiger partial charge in [0.05, 0.1) is 5.75 Å². The Morgan fingerprint density at radius 2 is 2.25 bits per heavy atom. The molecular formula is C7H14BrNO2S. The maximum absolute atomic E-state index is 10.8. The van der Waals surface area contributed by atoms with Crippen LogP contribution in [-0.2, 0) is 9.84 Å². The lowest BCUT2D eigenvalue weighted by Gasteiger charge is -2.13. The molecule has 5 heteroatoms. The zero-order chi connectivity index (χ0) is 9.19. The van der Waals surface area contributed by atoms with Crippen molar-refractivity contribution in [1.29, 1.82) is 0 Å². The van der Waals surface area contributed by atoms with Crippen LogP contribution in [0.5, 0.6) is 0 Å². The molecular weight excluding hydrogens is 242 g/mol. The molecule has 1 atom stereocenters. The van der Waals surface area contributed by atoms with E-state index in [-0.39, 0.29) is 5.75 Å². The summed E-state index contributed by atoms with van der Waals surface area (Å²) in [5.41, 5.74) is 0. The summed E-state index contributed by atoms with van der Waals surface area (Å²) in [5, 5.41) is 0. The Balaban J connectivity index is 2.25. The van der Waals surface area contributed by atoms with Crippen LogP contribution in [0.4, 0.5) is 0 Å². The number of halogens is 1. The van der Waals surface area contributed by atoms with Crippen LogP contribution in [0.3, 0.4) is 0 Å². The highest BCUT2D eigenvalue weighted by molar-refractivity contribution is 9.09. The summed E-state index contributed by atoms with van der Waals surface area (Å²) in [4.78, 5) is 2.73. The molecule has 0 aromatic carbocycles. The molecule has 0 saturated carbocycles. The largest absolute Gasteiger partial charge is 0.301 e. The van der Waals surface area contributed by atoms with E-state index in [0.717, 1.165) is 19.5 Å². The Morgan fingerprint density at radius 1 is 1.58 bits per heavy atom. The predicted octanol–water partition coefficient (Wildman–Crippen LogP) is 0.500. The predicted molar refractivity (Wildman–Crippen MR) is 53.5 cm³/mol. The topological polar surface area (TPSA) is 37.4 Å². The van der Waals surface area contributed by atoms with E-state index in [0.29, 0.717) is 11.4 Å². The lowest BCUT2D eigenvalue weighted by atomic mass is 10.4. The SMILES string of the molecule is CS(=O)(=O)CCN1CCC(Br)C1. The van der Waals surface area contributed by atoms with Gasteiger partial charge in [-0.2, -0.15) is 0 Å². The van der Waals surface area contributed by atoms with E-state index < -0.39 is 9.84 Å². The van der Waals surface area contributed by atoms with Gasteiger partial charge in [0.1, 0.15) is 9.84 Å². The number of nitrogens with zero attached hydrogens (tertiary/aromatic N) is 1. The van der Waals surface area contributed by atoms with Gasteiger partial charge in [0, 0.05) is 24.2 Å². The van der Waals surface area contributed by atoms with E-state index >= 15 is 0 Å². The van der Waals surface area contributed by atoms with Crippen molar-refractivity contribution in [3.8, 4) is 0 Å². The Labute approximate surface area is 82.2 Å². The average molecular weight is 256 g/mol. The van der Waals surface area contributed by atoms with Crippen molar-refractivity contribution in [1.82, 2.24) is 4.90 Å².